The normalized spacial score (nSPS) is 10.1. The van der Waals surface area contributed by atoms with Gasteiger partial charge in [0.05, 0.1) is 6.54 Å². The van der Waals surface area contributed by atoms with E-state index in [4.69, 9.17) is 0 Å². The van der Waals surface area contributed by atoms with Gasteiger partial charge in [0.25, 0.3) is 0 Å². The zero-order valence-electron chi connectivity index (χ0n) is 8.78. The summed E-state index contributed by atoms with van der Waals surface area (Å²) in [6.45, 7) is 0.568. The van der Waals surface area contributed by atoms with E-state index in [1.54, 1.807) is 5.38 Å². The van der Waals surface area contributed by atoms with Crippen LogP contribution in [0.15, 0.2) is 28.4 Å². The molecule has 2 aromatic rings. The molecule has 0 bridgehead atoms. The maximum absolute atomic E-state index is 10.9. The summed E-state index contributed by atoms with van der Waals surface area (Å²) < 4.78 is 0. The molecule has 0 aliphatic carbocycles. The monoisotopic (exact) mass is 236 g/mol. The van der Waals surface area contributed by atoms with E-state index in [1.165, 1.54) is 0 Å². The van der Waals surface area contributed by atoms with Gasteiger partial charge in [0.1, 0.15) is 11.6 Å². The molecule has 0 aromatic carbocycles. The highest BCUT2D eigenvalue weighted by Gasteiger charge is 1.98. The molecule has 0 fully saturated rings. The molecular formula is C10H12N4OS. The van der Waals surface area contributed by atoms with Gasteiger partial charge in [0, 0.05) is 18.1 Å². The highest BCUT2D eigenvalue weighted by molar-refractivity contribution is 7.07. The van der Waals surface area contributed by atoms with Crippen molar-refractivity contribution in [2.75, 3.05) is 17.7 Å². The SMILES string of the molecule is CNc1cccc(NCc2csc(=O)[nH]2)n1. The van der Waals surface area contributed by atoms with Crippen molar-refractivity contribution in [1.82, 2.24) is 9.97 Å². The summed E-state index contributed by atoms with van der Waals surface area (Å²) in [4.78, 5) is 17.9. The summed E-state index contributed by atoms with van der Waals surface area (Å²) in [7, 11) is 1.82. The summed E-state index contributed by atoms with van der Waals surface area (Å²) in [5.74, 6) is 1.59. The van der Waals surface area contributed by atoms with E-state index in [1.807, 2.05) is 25.2 Å². The average Bonchev–Trinajstić information content (AvgIpc) is 2.73. The van der Waals surface area contributed by atoms with Crippen LogP contribution in [0.25, 0.3) is 0 Å². The molecule has 2 heterocycles. The van der Waals surface area contributed by atoms with Crippen LogP contribution in [-0.2, 0) is 6.54 Å². The Morgan fingerprint density at radius 2 is 2.25 bits per heavy atom. The molecule has 0 saturated carbocycles. The number of pyridine rings is 1. The number of nitrogens with zero attached hydrogens (tertiary/aromatic N) is 1. The zero-order valence-corrected chi connectivity index (χ0v) is 9.60. The first kappa shape index (κ1) is 10.7. The number of hydrogen-bond donors (Lipinski definition) is 3. The van der Waals surface area contributed by atoms with E-state index in [-0.39, 0.29) is 4.87 Å². The molecule has 6 heteroatoms. The van der Waals surface area contributed by atoms with E-state index in [0.717, 1.165) is 28.7 Å². The van der Waals surface area contributed by atoms with E-state index in [9.17, 15) is 4.79 Å². The summed E-state index contributed by atoms with van der Waals surface area (Å²) >= 11 is 1.16. The molecule has 16 heavy (non-hydrogen) atoms. The van der Waals surface area contributed by atoms with E-state index in [0.29, 0.717) is 6.54 Å². The Morgan fingerprint density at radius 3 is 2.94 bits per heavy atom. The number of rotatable bonds is 4. The minimum absolute atomic E-state index is 0.0336. The predicted octanol–water partition coefficient (Wildman–Crippen LogP) is 1.49. The second kappa shape index (κ2) is 4.80. The van der Waals surface area contributed by atoms with Crippen LogP contribution >= 0.6 is 11.3 Å². The fraction of sp³-hybridized carbons (Fsp3) is 0.200. The van der Waals surface area contributed by atoms with Crippen LogP contribution in [0.5, 0.6) is 0 Å². The first-order valence-corrected chi connectivity index (χ1v) is 5.71. The lowest BCUT2D eigenvalue weighted by atomic mass is 10.4. The van der Waals surface area contributed by atoms with Gasteiger partial charge in [-0.1, -0.05) is 17.4 Å². The molecule has 0 spiro atoms. The predicted molar refractivity (Wildman–Crippen MR) is 66.1 cm³/mol. The molecule has 3 N–H and O–H groups in total. The minimum Gasteiger partial charge on any atom is -0.373 e. The van der Waals surface area contributed by atoms with Crippen molar-refractivity contribution >= 4 is 23.0 Å². The van der Waals surface area contributed by atoms with Crippen LogP contribution in [0.4, 0.5) is 11.6 Å². The second-order valence-electron chi connectivity index (χ2n) is 3.19. The number of H-pyrrole nitrogens is 1. The van der Waals surface area contributed by atoms with Gasteiger partial charge in [-0.3, -0.25) is 4.79 Å². The van der Waals surface area contributed by atoms with Gasteiger partial charge in [-0.05, 0) is 12.1 Å². The van der Waals surface area contributed by atoms with Crippen molar-refractivity contribution in [3.63, 3.8) is 0 Å². The van der Waals surface area contributed by atoms with Crippen molar-refractivity contribution in [2.24, 2.45) is 0 Å². The maximum atomic E-state index is 10.9. The Bertz CT molecular complexity index is 519. The van der Waals surface area contributed by atoms with Crippen molar-refractivity contribution in [2.45, 2.75) is 6.54 Å². The topological polar surface area (TPSA) is 69.8 Å². The zero-order chi connectivity index (χ0) is 11.4. The third-order valence-electron chi connectivity index (χ3n) is 2.04. The van der Waals surface area contributed by atoms with Crippen LogP contribution in [0.2, 0.25) is 0 Å². The quantitative estimate of drug-likeness (QED) is 0.752. The Hall–Kier alpha value is -1.82. The highest BCUT2D eigenvalue weighted by atomic mass is 32.1. The number of aromatic nitrogens is 2. The van der Waals surface area contributed by atoms with Gasteiger partial charge in [-0.2, -0.15) is 0 Å². The number of thiazole rings is 1. The lowest BCUT2D eigenvalue weighted by molar-refractivity contribution is 1.04. The molecule has 2 rings (SSSR count). The van der Waals surface area contributed by atoms with E-state index < -0.39 is 0 Å². The van der Waals surface area contributed by atoms with Gasteiger partial charge in [0.15, 0.2) is 0 Å². The van der Waals surface area contributed by atoms with Crippen LogP contribution < -0.4 is 15.5 Å². The van der Waals surface area contributed by atoms with Crippen molar-refractivity contribution in [3.8, 4) is 0 Å². The summed E-state index contributed by atoms with van der Waals surface area (Å²) in [5.41, 5.74) is 0.867. The third kappa shape index (κ3) is 2.60. The Balaban J connectivity index is 2.01. The van der Waals surface area contributed by atoms with E-state index in [2.05, 4.69) is 20.6 Å². The minimum atomic E-state index is -0.0336. The van der Waals surface area contributed by atoms with Gasteiger partial charge in [0.2, 0.25) is 0 Å². The molecule has 0 aliphatic rings. The van der Waals surface area contributed by atoms with Gasteiger partial charge in [-0.15, -0.1) is 0 Å². The molecule has 5 nitrogen and oxygen atoms in total. The number of nitrogens with one attached hydrogen (secondary N) is 3. The lowest BCUT2D eigenvalue weighted by Crippen LogP contribution is -2.04. The fourth-order valence-corrected chi connectivity index (χ4v) is 1.84. The van der Waals surface area contributed by atoms with Crippen molar-refractivity contribution in [3.05, 3.63) is 38.9 Å². The Morgan fingerprint density at radius 1 is 1.44 bits per heavy atom. The second-order valence-corrected chi connectivity index (χ2v) is 4.03. The van der Waals surface area contributed by atoms with Gasteiger partial charge < -0.3 is 15.6 Å². The van der Waals surface area contributed by atoms with Gasteiger partial charge >= 0.3 is 4.87 Å². The smallest absolute Gasteiger partial charge is 0.304 e. The van der Waals surface area contributed by atoms with Crippen molar-refractivity contribution in [1.29, 1.82) is 0 Å². The molecule has 0 aliphatic heterocycles. The molecule has 0 radical (unpaired) electrons. The Kier molecular flexibility index (Phi) is 3.21. The molecule has 2 aromatic heterocycles. The number of aromatic amines is 1. The number of hydrogen-bond acceptors (Lipinski definition) is 5. The molecule has 0 amide bonds. The number of anilines is 2. The summed E-state index contributed by atoms with van der Waals surface area (Å²) in [6, 6.07) is 5.68. The standard InChI is InChI=1S/C10H12N4OS/c1-11-8-3-2-4-9(14-8)12-5-7-6-16-10(15)13-7/h2-4,6H,5H2,1H3,(H,13,15)(H2,11,12,14). The Labute approximate surface area is 96.6 Å². The van der Waals surface area contributed by atoms with Crippen molar-refractivity contribution < 1.29 is 0 Å². The van der Waals surface area contributed by atoms with E-state index >= 15 is 0 Å². The lowest BCUT2D eigenvalue weighted by Gasteiger charge is -2.05. The molecular weight excluding hydrogens is 224 g/mol. The highest BCUT2D eigenvalue weighted by Crippen LogP contribution is 2.09. The summed E-state index contributed by atoms with van der Waals surface area (Å²) in [6.07, 6.45) is 0. The van der Waals surface area contributed by atoms with Crippen LogP contribution in [0.1, 0.15) is 5.69 Å². The first-order chi connectivity index (χ1) is 7.78. The molecule has 0 atom stereocenters. The molecule has 0 saturated heterocycles. The largest absolute Gasteiger partial charge is 0.373 e. The van der Waals surface area contributed by atoms with Crippen LogP contribution in [0.3, 0.4) is 0 Å². The summed E-state index contributed by atoms with van der Waals surface area (Å²) in [5, 5.41) is 7.90. The third-order valence-corrected chi connectivity index (χ3v) is 2.75. The van der Waals surface area contributed by atoms with Crippen LogP contribution in [0, 0.1) is 0 Å². The maximum Gasteiger partial charge on any atom is 0.304 e. The van der Waals surface area contributed by atoms with Gasteiger partial charge in [-0.25, -0.2) is 4.98 Å². The average molecular weight is 236 g/mol. The first-order valence-electron chi connectivity index (χ1n) is 4.83. The fourth-order valence-electron chi connectivity index (χ4n) is 1.26. The van der Waals surface area contributed by atoms with Crippen LogP contribution in [-0.4, -0.2) is 17.0 Å². The molecule has 84 valence electrons. The molecule has 0 unspecified atom stereocenters.